The molecule has 0 fully saturated rings. The Hall–Kier alpha value is -6.23. The van der Waals surface area contributed by atoms with Crippen LogP contribution >= 0.6 is 0 Å². The van der Waals surface area contributed by atoms with E-state index in [4.69, 9.17) is 24.1 Å². The molecule has 0 atom stereocenters. The molecule has 49 heavy (non-hydrogen) atoms. The maximum atomic E-state index is 12.3. The third-order valence-corrected chi connectivity index (χ3v) is 6.76. The van der Waals surface area contributed by atoms with Gasteiger partial charge < -0.3 is 28.8 Å². The third kappa shape index (κ3) is 11.8. The Morgan fingerprint density at radius 1 is 0.551 bits per heavy atom. The van der Waals surface area contributed by atoms with Crippen LogP contribution in [0.25, 0.3) is 6.08 Å². The highest BCUT2D eigenvalue weighted by atomic mass is 16.5. The Kier molecular flexibility index (Phi) is 15.4. The Morgan fingerprint density at radius 2 is 1.02 bits per heavy atom. The molecule has 0 spiro atoms. The van der Waals surface area contributed by atoms with E-state index in [0.717, 1.165) is 5.56 Å². The minimum atomic E-state index is -0.988. The van der Waals surface area contributed by atoms with Gasteiger partial charge in [0.2, 0.25) is 0 Å². The molecule has 0 aromatic heterocycles. The summed E-state index contributed by atoms with van der Waals surface area (Å²) in [5.74, 6) is 0.595. The quantitative estimate of drug-likeness (QED) is 0.101. The van der Waals surface area contributed by atoms with Gasteiger partial charge in [-0.2, -0.15) is 0 Å². The molecule has 0 aliphatic carbocycles. The first-order chi connectivity index (χ1) is 23.4. The normalized spacial score (nSPS) is 9.94. The number of rotatable bonds is 11. The van der Waals surface area contributed by atoms with Crippen molar-refractivity contribution in [2.45, 2.75) is 13.8 Å². The van der Waals surface area contributed by atoms with Crippen LogP contribution in [-0.2, 0) is 4.74 Å². The number of Topliss-reactive ketones (excluding diaryl/α,β-unsaturated/α-hetero) is 2. The van der Waals surface area contributed by atoms with E-state index >= 15 is 0 Å². The van der Waals surface area contributed by atoms with E-state index in [-0.39, 0.29) is 22.9 Å². The average molecular weight is 671 g/mol. The van der Waals surface area contributed by atoms with E-state index in [9.17, 15) is 24.0 Å². The molecule has 1 N–H and O–H groups in total. The van der Waals surface area contributed by atoms with E-state index in [1.807, 2.05) is 0 Å². The number of allylic oxidation sites excluding steroid dienone is 1. The number of carboxylic acid groups (broad SMARTS) is 1. The van der Waals surface area contributed by atoms with Gasteiger partial charge in [-0.15, -0.1) is 0 Å². The highest BCUT2D eigenvalue weighted by molar-refractivity contribution is 6.09. The molecule has 4 aromatic rings. The lowest BCUT2D eigenvalue weighted by molar-refractivity contribution is 0.0599. The van der Waals surface area contributed by atoms with Crippen LogP contribution < -0.4 is 18.9 Å². The second-order valence-corrected chi connectivity index (χ2v) is 9.94. The molecule has 0 saturated carbocycles. The van der Waals surface area contributed by atoms with Crippen LogP contribution in [0.15, 0.2) is 91.0 Å². The smallest absolute Gasteiger partial charge is 0.337 e. The van der Waals surface area contributed by atoms with Crippen LogP contribution in [0.3, 0.4) is 0 Å². The molecule has 11 nitrogen and oxygen atoms in total. The van der Waals surface area contributed by atoms with E-state index in [0.29, 0.717) is 45.3 Å². The zero-order valence-corrected chi connectivity index (χ0v) is 28.3. The number of esters is 1. The lowest BCUT2D eigenvalue weighted by Crippen LogP contribution is -2.01. The monoisotopic (exact) mass is 670 g/mol. The number of carbonyl (C=O) groups is 5. The maximum absolute atomic E-state index is 12.3. The van der Waals surface area contributed by atoms with Gasteiger partial charge in [-0.3, -0.25) is 14.4 Å². The molecule has 256 valence electrons. The fourth-order valence-corrected chi connectivity index (χ4v) is 4.05. The van der Waals surface area contributed by atoms with Gasteiger partial charge in [-0.25, -0.2) is 9.59 Å². The molecule has 0 aliphatic heterocycles. The first kappa shape index (κ1) is 39.0. The molecule has 11 heteroatoms. The minimum absolute atomic E-state index is 0.0172. The van der Waals surface area contributed by atoms with Gasteiger partial charge >= 0.3 is 11.9 Å². The van der Waals surface area contributed by atoms with Crippen LogP contribution in [-0.4, -0.2) is 69.9 Å². The Labute approximate surface area is 284 Å². The van der Waals surface area contributed by atoms with Crippen LogP contribution in [0.1, 0.15) is 71.2 Å². The molecule has 0 heterocycles. The first-order valence-corrected chi connectivity index (χ1v) is 14.6. The topological polar surface area (TPSA) is 152 Å². The van der Waals surface area contributed by atoms with E-state index in [1.54, 1.807) is 86.0 Å². The number of ether oxygens (including phenoxy) is 5. The third-order valence-electron chi connectivity index (χ3n) is 6.76. The number of methoxy groups -OCH3 is 5. The molecule has 0 aliphatic rings. The second-order valence-electron chi connectivity index (χ2n) is 9.94. The standard InChI is InChI=1S/C18H16O5.C10H12O3.C10H10O3/c1-22-14-8-10-17(23-2)15(11-14)16(19)9-5-12-3-6-13(7-4-12)18(20)21;1-7(11)9-6-8(12-2)4-5-10(9)13-3;1-7(11)8-3-5-9(6-4-8)10(12)13-2/h3-11H,1-2H3,(H,20,21);4-6H,1-3H3;3-6H,1-2H3/b9-5+;;. The van der Waals surface area contributed by atoms with Gasteiger partial charge in [0.25, 0.3) is 0 Å². The van der Waals surface area contributed by atoms with Gasteiger partial charge in [0.05, 0.1) is 57.8 Å². The summed E-state index contributed by atoms with van der Waals surface area (Å²) in [6.45, 7) is 2.98. The summed E-state index contributed by atoms with van der Waals surface area (Å²) in [5.41, 5.74) is 2.90. The molecule has 4 rings (SSSR count). The van der Waals surface area contributed by atoms with Crippen LogP contribution in [0.2, 0.25) is 0 Å². The number of carboxylic acids is 1. The zero-order valence-electron chi connectivity index (χ0n) is 28.3. The van der Waals surface area contributed by atoms with Crippen molar-refractivity contribution in [2.24, 2.45) is 0 Å². The van der Waals surface area contributed by atoms with E-state index < -0.39 is 11.9 Å². The molecule has 0 radical (unpaired) electrons. The van der Waals surface area contributed by atoms with E-state index in [2.05, 4.69) is 4.74 Å². The van der Waals surface area contributed by atoms with Gasteiger partial charge in [0, 0.05) is 5.56 Å². The molecule has 0 saturated heterocycles. The molecule has 4 aromatic carbocycles. The lowest BCUT2D eigenvalue weighted by Gasteiger charge is -2.07. The van der Waals surface area contributed by atoms with Crippen molar-refractivity contribution < 1.29 is 52.8 Å². The number of benzene rings is 4. The first-order valence-electron chi connectivity index (χ1n) is 14.6. The fourth-order valence-electron chi connectivity index (χ4n) is 4.05. The summed E-state index contributed by atoms with van der Waals surface area (Å²) in [6, 6.07) is 22.7. The predicted molar refractivity (Wildman–Crippen MR) is 184 cm³/mol. The largest absolute Gasteiger partial charge is 0.497 e. The lowest BCUT2D eigenvalue weighted by atomic mass is 10.1. The summed E-state index contributed by atoms with van der Waals surface area (Å²) >= 11 is 0. The fraction of sp³-hybridized carbons (Fsp3) is 0.184. The highest BCUT2D eigenvalue weighted by Crippen LogP contribution is 2.25. The summed E-state index contributed by atoms with van der Waals surface area (Å²) in [4.78, 5) is 56.1. The Morgan fingerprint density at radius 3 is 1.45 bits per heavy atom. The summed E-state index contributed by atoms with van der Waals surface area (Å²) in [7, 11) is 7.43. The average Bonchev–Trinajstić information content (AvgIpc) is 3.13. The van der Waals surface area contributed by atoms with Gasteiger partial charge in [-0.05, 0) is 86.2 Å². The second kappa shape index (κ2) is 19.4. The van der Waals surface area contributed by atoms with Crippen molar-refractivity contribution in [1.82, 2.24) is 0 Å². The summed E-state index contributed by atoms with van der Waals surface area (Å²) in [5, 5.41) is 8.85. The SMILES string of the molecule is COC(=O)c1ccc(C(C)=O)cc1.COc1ccc(OC)c(C(=O)/C=C/c2ccc(C(=O)O)cc2)c1.COc1ccc(OC)c(C(C)=O)c1. The van der Waals surface area contributed by atoms with Crippen LogP contribution in [0.5, 0.6) is 23.0 Å². The summed E-state index contributed by atoms with van der Waals surface area (Å²) in [6.07, 6.45) is 3.03. The Balaban J connectivity index is 0.000000274. The number of hydrogen-bond donors (Lipinski definition) is 1. The highest BCUT2D eigenvalue weighted by Gasteiger charge is 2.12. The minimum Gasteiger partial charge on any atom is -0.497 e. The maximum Gasteiger partial charge on any atom is 0.337 e. The predicted octanol–water partition coefficient (Wildman–Crippen LogP) is 6.88. The molecular formula is C38H38O11. The van der Waals surface area contributed by atoms with Crippen molar-refractivity contribution in [3.63, 3.8) is 0 Å². The van der Waals surface area contributed by atoms with Crippen LogP contribution in [0, 0.1) is 0 Å². The molecule has 0 unspecified atom stereocenters. The molecule has 0 amide bonds. The van der Waals surface area contributed by atoms with E-state index in [1.165, 1.54) is 60.5 Å². The number of hydrogen-bond acceptors (Lipinski definition) is 10. The van der Waals surface area contributed by atoms with Crippen molar-refractivity contribution in [1.29, 1.82) is 0 Å². The molecule has 0 bridgehead atoms. The van der Waals surface area contributed by atoms with Gasteiger partial charge in [0.1, 0.15) is 23.0 Å². The Bertz CT molecular complexity index is 1790. The van der Waals surface area contributed by atoms with Crippen molar-refractivity contribution in [3.05, 3.63) is 124 Å². The van der Waals surface area contributed by atoms with Gasteiger partial charge in [0.15, 0.2) is 17.3 Å². The number of ketones is 3. The molecular weight excluding hydrogens is 632 g/mol. The van der Waals surface area contributed by atoms with Crippen molar-refractivity contribution >= 4 is 35.4 Å². The summed E-state index contributed by atoms with van der Waals surface area (Å²) < 4.78 is 24.8. The van der Waals surface area contributed by atoms with Crippen LogP contribution in [0.4, 0.5) is 0 Å². The number of aromatic carboxylic acids is 1. The number of carbonyl (C=O) groups excluding carboxylic acids is 4. The zero-order chi connectivity index (χ0) is 36.5. The van der Waals surface area contributed by atoms with Gasteiger partial charge in [-0.1, -0.05) is 30.3 Å². The van der Waals surface area contributed by atoms with Crippen molar-refractivity contribution in [2.75, 3.05) is 35.5 Å². The van der Waals surface area contributed by atoms with Crippen molar-refractivity contribution in [3.8, 4) is 23.0 Å².